The molecule has 2 nitrogen and oxygen atoms in total. The molecular formula is C9H11NOTe. The van der Waals surface area contributed by atoms with Crippen LogP contribution in [-0.4, -0.2) is 27.3 Å². The van der Waals surface area contributed by atoms with Crippen LogP contribution in [0.1, 0.15) is 6.92 Å². The summed E-state index contributed by atoms with van der Waals surface area (Å²) >= 11 is -0.0960. The van der Waals surface area contributed by atoms with Crippen molar-refractivity contribution in [3.05, 3.63) is 24.3 Å². The van der Waals surface area contributed by atoms with Crippen molar-refractivity contribution in [3.63, 3.8) is 0 Å². The second-order valence-corrected chi connectivity index (χ2v) is 5.92. The van der Waals surface area contributed by atoms with Gasteiger partial charge in [0.25, 0.3) is 0 Å². The number of anilines is 1. The van der Waals surface area contributed by atoms with Crippen LogP contribution >= 0.6 is 0 Å². The van der Waals surface area contributed by atoms with E-state index >= 15 is 0 Å². The summed E-state index contributed by atoms with van der Waals surface area (Å²) in [6.45, 7) is 2.18. The van der Waals surface area contributed by atoms with Gasteiger partial charge in [-0.15, -0.1) is 0 Å². The second-order valence-electron chi connectivity index (χ2n) is 2.19. The van der Waals surface area contributed by atoms with Gasteiger partial charge >= 0.3 is 82.4 Å². The topological polar surface area (TPSA) is 29.1 Å². The summed E-state index contributed by atoms with van der Waals surface area (Å²) in [5, 5.41) is 2.71. The SMILES string of the molecule is CC[Te]c1ccccc1NC=O. The van der Waals surface area contributed by atoms with Gasteiger partial charge in [-0.25, -0.2) is 0 Å². The molecule has 1 rings (SSSR count). The van der Waals surface area contributed by atoms with E-state index in [-0.39, 0.29) is 20.9 Å². The Labute approximate surface area is 82.4 Å². The Bertz CT molecular complexity index is 262. The van der Waals surface area contributed by atoms with Crippen LogP contribution in [0.2, 0.25) is 4.47 Å². The number of carbonyl (C=O) groups is 1. The fourth-order valence-corrected chi connectivity index (χ4v) is 3.12. The zero-order valence-electron chi connectivity index (χ0n) is 6.91. The Morgan fingerprint density at radius 1 is 1.50 bits per heavy atom. The van der Waals surface area contributed by atoms with E-state index in [2.05, 4.69) is 18.3 Å². The molecule has 64 valence electrons. The number of para-hydroxylation sites is 1. The van der Waals surface area contributed by atoms with Gasteiger partial charge in [0.2, 0.25) is 0 Å². The van der Waals surface area contributed by atoms with E-state index in [1.807, 2.05) is 18.2 Å². The van der Waals surface area contributed by atoms with E-state index in [9.17, 15) is 4.79 Å². The van der Waals surface area contributed by atoms with E-state index in [0.717, 1.165) is 12.1 Å². The van der Waals surface area contributed by atoms with Crippen molar-refractivity contribution >= 4 is 36.6 Å². The van der Waals surface area contributed by atoms with E-state index in [0.29, 0.717) is 0 Å². The fourth-order valence-electron chi connectivity index (χ4n) is 0.931. The first kappa shape index (κ1) is 9.57. The van der Waals surface area contributed by atoms with Crippen LogP contribution in [0, 0.1) is 0 Å². The van der Waals surface area contributed by atoms with Crippen molar-refractivity contribution in [2.45, 2.75) is 11.4 Å². The minimum absolute atomic E-state index is 0.0960. The second kappa shape index (κ2) is 5.18. The van der Waals surface area contributed by atoms with Gasteiger partial charge in [0, 0.05) is 0 Å². The average Bonchev–Trinajstić information content (AvgIpc) is 2.09. The summed E-state index contributed by atoms with van der Waals surface area (Å²) in [6.07, 6.45) is 0.738. The monoisotopic (exact) mass is 279 g/mol. The Balaban J connectivity index is 2.83. The van der Waals surface area contributed by atoms with Crippen LogP contribution in [0.4, 0.5) is 5.69 Å². The Kier molecular flexibility index (Phi) is 4.13. The Morgan fingerprint density at radius 3 is 2.92 bits per heavy atom. The molecule has 0 unspecified atom stereocenters. The number of carbonyl (C=O) groups excluding carboxylic acids is 1. The third-order valence-electron chi connectivity index (χ3n) is 1.40. The van der Waals surface area contributed by atoms with Crippen molar-refractivity contribution < 1.29 is 4.79 Å². The van der Waals surface area contributed by atoms with Crippen LogP contribution < -0.4 is 8.93 Å². The maximum absolute atomic E-state index is 10.2. The average molecular weight is 277 g/mol. The molecule has 3 heteroatoms. The van der Waals surface area contributed by atoms with Crippen LogP contribution in [0.25, 0.3) is 0 Å². The molecule has 1 N–H and O–H groups in total. The van der Waals surface area contributed by atoms with E-state index < -0.39 is 0 Å². The third-order valence-corrected chi connectivity index (χ3v) is 4.13. The van der Waals surface area contributed by atoms with Crippen molar-refractivity contribution in [2.24, 2.45) is 0 Å². The van der Waals surface area contributed by atoms with Crippen LogP contribution in [0.5, 0.6) is 0 Å². The zero-order valence-corrected chi connectivity index (χ0v) is 9.24. The molecule has 0 saturated carbocycles. The van der Waals surface area contributed by atoms with Crippen LogP contribution in [0.15, 0.2) is 24.3 Å². The Hall–Kier alpha value is -0.520. The molecule has 1 aromatic carbocycles. The number of nitrogens with one attached hydrogen (secondary N) is 1. The number of amides is 1. The predicted molar refractivity (Wildman–Crippen MR) is 52.0 cm³/mol. The van der Waals surface area contributed by atoms with Crippen molar-refractivity contribution in [3.8, 4) is 0 Å². The van der Waals surface area contributed by atoms with Gasteiger partial charge in [0.15, 0.2) is 0 Å². The molecule has 1 aromatic rings. The van der Waals surface area contributed by atoms with Crippen LogP contribution in [-0.2, 0) is 4.79 Å². The number of hydrogen-bond acceptors (Lipinski definition) is 1. The first-order valence-electron chi connectivity index (χ1n) is 3.80. The number of rotatable bonds is 4. The summed E-state index contributed by atoms with van der Waals surface area (Å²) in [4.78, 5) is 10.2. The first-order valence-corrected chi connectivity index (χ1v) is 6.61. The molecule has 0 radical (unpaired) electrons. The summed E-state index contributed by atoms with van der Waals surface area (Å²) in [7, 11) is 0. The molecule has 12 heavy (non-hydrogen) atoms. The molecule has 0 aromatic heterocycles. The third kappa shape index (κ3) is 2.51. The van der Waals surface area contributed by atoms with Gasteiger partial charge in [0.1, 0.15) is 0 Å². The molecule has 0 spiro atoms. The van der Waals surface area contributed by atoms with Gasteiger partial charge in [-0.05, 0) is 0 Å². The first-order chi connectivity index (χ1) is 5.88. The number of benzene rings is 1. The molecule has 0 atom stereocenters. The zero-order chi connectivity index (χ0) is 8.81. The summed E-state index contributed by atoms with van der Waals surface area (Å²) in [5.41, 5.74) is 0.983. The van der Waals surface area contributed by atoms with Crippen molar-refractivity contribution in [2.75, 3.05) is 5.32 Å². The quantitative estimate of drug-likeness (QED) is 0.646. The maximum atomic E-state index is 10.2. The summed E-state index contributed by atoms with van der Waals surface area (Å²) < 4.78 is 2.56. The molecule has 0 fully saturated rings. The normalized spacial score (nSPS) is 9.42. The van der Waals surface area contributed by atoms with Crippen LogP contribution in [0.3, 0.4) is 0 Å². The summed E-state index contributed by atoms with van der Waals surface area (Å²) in [5.74, 6) is 0. The molecule has 0 aliphatic rings. The molecule has 0 saturated heterocycles. The van der Waals surface area contributed by atoms with E-state index in [4.69, 9.17) is 0 Å². The standard InChI is InChI=1S/C9H11NOTe/c1-2-12-9-6-4-3-5-8(9)10-7-11/h3-7H,2H2,1H3,(H,10,11). The van der Waals surface area contributed by atoms with E-state index in [1.54, 1.807) is 0 Å². The van der Waals surface area contributed by atoms with Gasteiger partial charge < -0.3 is 0 Å². The molecule has 1 amide bonds. The van der Waals surface area contributed by atoms with Crippen molar-refractivity contribution in [1.29, 1.82) is 0 Å². The van der Waals surface area contributed by atoms with Gasteiger partial charge in [-0.1, -0.05) is 0 Å². The molecule has 0 aliphatic carbocycles. The van der Waals surface area contributed by atoms with Gasteiger partial charge in [0.05, 0.1) is 0 Å². The predicted octanol–water partition coefficient (Wildman–Crippen LogP) is 1.02. The molecular weight excluding hydrogens is 266 g/mol. The van der Waals surface area contributed by atoms with Gasteiger partial charge in [-0.3, -0.25) is 0 Å². The fraction of sp³-hybridized carbons (Fsp3) is 0.222. The molecule has 0 bridgehead atoms. The molecule has 0 aliphatic heterocycles. The Morgan fingerprint density at radius 2 is 2.25 bits per heavy atom. The summed E-state index contributed by atoms with van der Waals surface area (Å²) in [6, 6.07) is 8.01. The van der Waals surface area contributed by atoms with Gasteiger partial charge in [-0.2, -0.15) is 0 Å². The molecule has 0 heterocycles. The number of hydrogen-bond donors (Lipinski definition) is 1. The minimum atomic E-state index is -0.0960. The van der Waals surface area contributed by atoms with E-state index in [1.165, 1.54) is 8.08 Å². The van der Waals surface area contributed by atoms with Crippen molar-refractivity contribution in [1.82, 2.24) is 0 Å².